The number of anilines is 2. The molecule has 3 fully saturated rings. The normalized spacial score (nSPS) is 29.3. The first kappa shape index (κ1) is 33.6. The van der Waals surface area contributed by atoms with E-state index in [1.165, 1.54) is 38.2 Å². The Kier molecular flexibility index (Phi) is 7.99. The van der Waals surface area contributed by atoms with Crippen LogP contribution in [0.25, 0.3) is 0 Å². The number of nitro groups is 2. The second kappa shape index (κ2) is 11.4. The van der Waals surface area contributed by atoms with Crippen LogP contribution in [-0.4, -0.2) is 79.9 Å². The predicted octanol–water partition coefficient (Wildman–Crippen LogP) is 4.20. The van der Waals surface area contributed by atoms with E-state index in [4.69, 9.17) is 27.9 Å². The summed E-state index contributed by atoms with van der Waals surface area (Å²) in [5.74, 6) is -7.63. The molecule has 4 amide bonds. The molecule has 6 unspecified atom stereocenters. The fraction of sp³-hybridized carbons (Fsp3) is 0.400. The number of hydrogen-bond donors (Lipinski definition) is 1. The van der Waals surface area contributed by atoms with Gasteiger partial charge < -0.3 is 14.7 Å². The molecule has 4 aliphatic rings. The Morgan fingerprint density at radius 2 is 1.65 bits per heavy atom. The number of imide groups is 2. The molecule has 1 saturated carbocycles. The molecule has 6 atom stereocenters. The van der Waals surface area contributed by atoms with Crippen LogP contribution in [-0.2, 0) is 19.2 Å². The summed E-state index contributed by atoms with van der Waals surface area (Å²) < 4.78 is 5.17. The first-order valence-electron chi connectivity index (χ1n) is 14.4. The van der Waals surface area contributed by atoms with Gasteiger partial charge >= 0.3 is 11.4 Å². The molecule has 0 spiro atoms. The van der Waals surface area contributed by atoms with E-state index in [9.17, 15) is 44.5 Å². The molecule has 6 rings (SSSR count). The number of fused-ring (bicyclic) bond motifs is 4. The van der Waals surface area contributed by atoms with Crippen LogP contribution in [0.15, 0.2) is 42.0 Å². The van der Waals surface area contributed by atoms with Crippen molar-refractivity contribution >= 4 is 85.5 Å². The number of hydrogen-bond acceptors (Lipinski definition) is 11. The van der Waals surface area contributed by atoms with Gasteiger partial charge in [-0.25, -0.2) is 4.90 Å². The predicted molar refractivity (Wildman–Crippen MR) is 175 cm³/mol. The molecule has 2 aromatic rings. The number of carbonyl (C=O) groups is 4. The third-order valence-electron chi connectivity index (χ3n) is 9.70. The van der Waals surface area contributed by atoms with Crippen molar-refractivity contribution < 1.29 is 38.9 Å². The van der Waals surface area contributed by atoms with Gasteiger partial charge in [0.1, 0.15) is 0 Å². The molecule has 2 aromatic carbocycles. The Morgan fingerprint density at radius 1 is 1.02 bits per heavy atom. The summed E-state index contributed by atoms with van der Waals surface area (Å²) in [7, 11) is 4.12. The largest absolute Gasteiger partial charge is 0.504 e. The standard InChI is InChI=1S/C30H26BrCl2N5O10/c1-34(2)24-18(37(44)45)9-14(10-19(24)38(46)47)36-25(40)16-6-5-15-17(22(16)26(36)41)11-29(32)27(42)35(12-31)28(43)30(29,33)23(15)13-4-7-21(48-3)20(39)8-13/h4-5,7-10,16-17,22-23,39H,6,11-12H2,1-3H3. The van der Waals surface area contributed by atoms with Gasteiger partial charge in [-0.1, -0.05) is 33.6 Å². The van der Waals surface area contributed by atoms with Gasteiger partial charge in [0.05, 0.1) is 39.9 Å². The van der Waals surface area contributed by atoms with Gasteiger partial charge in [-0.05, 0) is 36.5 Å². The maximum absolute atomic E-state index is 14.3. The van der Waals surface area contributed by atoms with Gasteiger partial charge in [0, 0.05) is 32.1 Å². The highest BCUT2D eigenvalue weighted by molar-refractivity contribution is 9.09. The number of nitro benzene ring substituents is 2. The number of carbonyl (C=O) groups excluding carboxylic acids is 4. The number of benzene rings is 2. The molecular weight excluding hydrogens is 741 g/mol. The van der Waals surface area contributed by atoms with E-state index in [1.54, 1.807) is 12.1 Å². The van der Waals surface area contributed by atoms with Crippen LogP contribution in [0.2, 0.25) is 0 Å². The summed E-state index contributed by atoms with van der Waals surface area (Å²) in [6.45, 7) is 0. The number of aromatic hydroxyl groups is 1. The zero-order valence-electron chi connectivity index (χ0n) is 25.4. The quantitative estimate of drug-likeness (QED) is 0.106. The average Bonchev–Trinajstić information content (AvgIpc) is 3.37. The van der Waals surface area contributed by atoms with Crippen LogP contribution in [0.1, 0.15) is 24.3 Å². The van der Waals surface area contributed by atoms with Gasteiger partial charge in [0.2, 0.25) is 11.8 Å². The molecule has 15 nitrogen and oxygen atoms in total. The van der Waals surface area contributed by atoms with Gasteiger partial charge in [0.15, 0.2) is 26.9 Å². The number of alkyl halides is 3. The average molecular weight is 767 g/mol. The molecular formula is C30H26BrCl2N5O10. The van der Waals surface area contributed by atoms with Crippen molar-refractivity contribution in [3.05, 3.63) is 67.8 Å². The molecule has 2 saturated heterocycles. The number of halogens is 3. The number of likely N-dealkylation sites (tertiary alicyclic amines) is 1. The van der Waals surface area contributed by atoms with Gasteiger partial charge in [-0.15, -0.1) is 23.2 Å². The summed E-state index contributed by atoms with van der Waals surface area (Å²) in [5.41, 5.74) is -1.56. The Labute approximate surface area is 290 Å². The molecule has 48 heavy (non-hydrogen) atoms. The van der Waals surface area contributed by atoms with E-state index < -0.39 is 78.3 Å². The highest BCUT2D eigenvalue weighted by Crippen LogP contribution is 2.66. The SMILES string of the molecule is COc1ccc(C2C3=CCC4C(=O)N(c5cc([N+](=O)[O-])c(N(C)C)c([N+](=O)[O-])c5)C(=O)C4C3CC3(Cl)C(=O)N(CBr)C(=O)C23Cl)cc1O. The van der Waals surface area contributed by atoms with E-state index in [2.05, 4.69) is 15.9 Å². The maximum atomic E-state index is 14.3. The van der Waals surface area contributed by atoms with Crippen molar-refractivity contribution in [3.8, 4) is 11.5 Å². The lowest BCUT2D eigenvalue weighted by atomic mass is 9.56. The fourth-order valence-electron chi connectivity index (χ4n) is 7.72. The van der Waals surface area contributed by atoms with Crippen molar-refractivity contribution in [2.24, 2.45) is 17.8 Å². The molecule has 2 aliphatic heterocycles. The minimum absolute atomic E-state index is 0.0251. The van der Waals surface area contributed by atoms with Crippen LogP contribution in [0.3, 0.4) is 0 Å². The lowest BCUT2D eigenvalue weighted by Crippen LogP contribution is -2.60. The van der Waals surface area contributed by atoms with Crippen LogP contribution in [0, 0.1) is 38.0 Å². The number of allylic oxidation sites excluding steroid dienone is 2. The van der Waals surface area contributed by atoms with E-state index in [0.29, 0.717) is 16.0 Å². The van der Waals surface area contributed by atoms with Crippen LogP contribution in [0.4, 0.5) is 22.7 Å². The van der Waals surface area contributed by atoms with Crippen molar-refractivity contribution in [3.63, 3.8) is 0 Å². The number of phenolic OH excluding ortho intramolecular Hbond substituents is 1. The number of amides is 4. The number of methoxy groups -OCH3 is 1. The first-order valence-corrected chi connectivity index (χ1v) is 16.3. The summed E-state index contributed by atoms with van der Waals surface area (Å²) in [5, 5.41) is 34.7. The number of nitrogens with zero attached hydrogens (tertiary/aromatic N) is 5. The molecule has 252 valence electrons. The molecule has 1 N–H and O–H groups in total. The van der Waals surface area contributed by atoms with Crippen molar-refractivity contribution in [1.29, 1.82) is 0 Å². The highest BCUT2D eigenvalue weighted by atomic mass is 79.9. The Balaban J connectivity index is 1.51. The fourth-order valence-corrected chi connectivity index (χ4v) is 9.15. The van der Waals surface area contributed by atoms with Crippen molar-refractivity contribution in [2.45, 2.75) is 28.5 Å². The zero-order valence-corrected chi connectivity index (χ0v) is 28.5. The molecule has 18 heteroatoms. The smallest absolute Gasteiger partial charge is 0.301 e. The van der Waals surface area contributed by atoms with Crippen LogP contribution >= 0.6 is 39.1 Å². The molecule has 2 heterocycles. The third kappa shape index (κ3) is 4.38. The second-order valence-corrected chi connectivity index (χ2v) is 13.9. The lowest BCUT2D eigenvalue weighted by Gasteiger charge is -2.50. The highest BCUT2D eigenvalue weighted by Gasteiger charge is 2.76. The Hall–Kier alpha value is -4.28. The molecule has 0 radical (unpaired) electrons. The summed E-state index contributed by atoms with van der Waals surface area (Å²) in [4.78, 5) is 76.9. The summed E-state index contributed by atoms with van der Waals surface area (Å²) in [6, 6.07) is 6.20. The molecule has 2 aliphatic carbocycles. The van der Waals surface area contributed by atoms with Crippen LogP contribution < -0.4 is 14.5 Å². The van der Waals surface area contributed by atoms with E-state index in [1.807, 2.05) is 0 Å². The van der Waals surface area contributed by atoms with Gasteiger partial charge in [0.25, 0.3) is 11.8 Å². The minimum Gasteiger partial charge on any atom is -0.504 e. The number of rotatable bonds is 7. The zero-order chi connectivity index (χ0) is 35.2. The van der Waals surface area contributed by atoms with Gasteiger partial charge in [-0.3, -0.25) is 44.3 Å². The van der Waals surface area contributed by atoms with Gasteiger partial charge in [-0.2, -0.15) is 0 Å². The third-order valence-corrected chi connectivity index (χ3v) is 11.6. The monoisotopic (exact) mass is 765 g/mol. The summed E-state index contributed by atoms with van der Waals surface area (Å²) >= 11 is 17.5. The van der Waals surface area contributed by atoms with Crippen molar-refractivity contribution in [2.75, 3.05) is 36.5 Å². The molecule has 0 bridgehead atoms. The Bertz CT molecular complexity index is 1850. The van der Waals surface area contributed by atoms with E-state index >= 15 is 0 Å². The van der Waals surface area contributed by atoms with Crippen molar-refractivity contribution in [1.82, 2.24) is 4.90 Å². The second-order valence-electron chi connectivity index (χ2n) is 12.2. The first-order chi connectivity index (χ1) is 22.5. The maximum Gasteiger partial charge on any atom is 0.301 e. The lowest BCUT2D eigenvalue weighted by molar-refractivity contribution is -0.392. The topological polar surface area (TPSA) is 194 Å². The van der Waals surface area contributed by atoms with E-state index in [0.717, 1.165) is 17.0 Å². The number of phenols is 1. The summed E-state index contributed by atoms with van der Waals surface area (Å²) in [6.07, 6.45) is 1.31. The van der Waals surface area contributed by atoms with Crippen LogP contribution in [0.5, 0.6) is 11.5 Å². The Morgan fingerprint density at radius 3 is 2.17 bits per heavy atom. The van der Waals surface area contributed by atoms with E-state index in [-0.39, 0.29) is 41.2 Å². The molecule has 0 aromatic heterocycles. The number of ether oxygens (including phenoxy) is 1. The minimum atomic E-state index is -2.11.